The van der Waals surface area contributed by atoms with Crippen LogP contribution in [0.3, 0.4) is 0 Å². The molecule has 1 aromatic rings. The summed E-state index contributed by atoms with van der Waals surface area (Å²) in [4.78, 5) is 15.5. The second-order valence-electron chi connectivity index (χ2n) is 6.66. The van der Waals surface area contributed by atoms with Crippen LogP contribution in [0.15, 0.2) is 6.20 Å². The zero-order valence-corrected chi connectivity index (χ0v) is 14.1. The summed E-state index contributed by atoms with van der Waals surface area (Å²) < 4.78 is 1.85. The van der Waals surface area contributed by atoms with E-state index >= 15 is 0 Å². The molecular weight excluding hydrogens is 280 g/mol. The number of hydrogen-bond acceptors (Lipinski definition) is 4. The first-order valence-corrected chi connectivity index (χ1v) is 8.03. The molecule has 2 heterocycles. The van der Waals surface area contributed by atoms with Crippen LogP contribution < -0.4 is 0 Å². The molecule has 0 saturated carbocycles. The number of carbonyl (C=O) groups is 1. The number of hydrogen-bond donors (Lipinski definition) is 1. The molecule has 0 bridgehead atoms. The van der Waals surface area contributed by atoms with E-state index in [1.807, 2.05) is 25.0 Å². The highest BCUT2D eigenvalue weighted by molar-refractivity contribution is 5.78. The van der Waals surface area contributed by atoms with Gasteiger partial charge >= 0.3 is 0 Å². The van der Waals surface area contributed by atoms with Crippen LogP contribution >= 0.6 is 0 Å². The van der Waals surface area contributed by atoms with Gasteiger partial charge in [-0.2, -0.15) is 5.10 Å². The monoisotopic (exact) mass is 308 g/mol. The lowest BCUT2D eigenvalue weighted by Gasteiger charge is -2.24. The third-order valence-corrected chi connectivity index (χ3v) is 4.05. The zero-order chi connectivity index (χ0) is 16.3. The molecule has 1 unspecified atom stereocenters. The Bertz CT molecular complexity index is 512. The lowest BCUT2D eigenvalue weighted by molar-refractivity contribution is -0.129. The first-order valence-electron chi connectivity index (χ1n) is 8.03. The summed E-state index contributed by atoms with van der Waals surface area (Å²) in [5.74, 6) is 0.549. The van der Waals surface area contributed by atoms with Crippen molar-refractivity contribution < 1.29 is 9.90 Å². The van der Waals surface area contributed by atoms with E-state index in [0.717, 1.165) is 25.2 Å². The van der Waals surface area contributed by atoms with E-state index in [1.165, 1.54) is 5.56 Å². The highest BCUT2D eigenvalue weighted by Crippen LogP contribution is 2.18. The van der Waals surface area contributed by atoms with Gasteiger partial charge in [0.15, 0.2) is 0 Å². The van der Waals surface area contributed by atoms with Crippen molar-refractivity contribution in [2.45, 2.75) is 45.3 Å². The first kappa shape index (κ1) is 17.0. The van der Waals surface area contributed by atoms with Gasteiger partial charge in [-0.05, 0) is 19.4 Å². The number of rotatable bonds is 7. The Morgan fingerprint density at radius 3 is 2.77 bits per heavy atom. The predicted molar refractivity (Wildman–Crippen MR) is 85.5 cm³/mol. The molecule has 6 heteroatoms. The van der Waals surface area contributed by atoms with Crippen LogP contribution in [0.1, 0.15) is 43.9 Å². The quantitative estimate of drug-likeness (QED) is 0.815. The maximum atomic E-state index is 11.6. The summed E-state index contributed by atoms with van der Waals surface area (Å²) in [6.45, 7) is 6.80. The molecule has 1 N–H and O–H groups in total. The van der Waals surface area contributed by atoms with Crippen LogP contribution in [0.2, 0.25) is 0 Å². The third-order valence-electron chi connectivity index (χ3n) is 4.05. The largest absolute Gasteiger partial charge is 0.390 e. The summed E-state index contributed by atoms with van der Waals surface area (Å²) in [6, 6.07) is 0. The Labute approximate surface area is 132 Å². The highest BCUT2D eigenvalue weighted by Gasteiger charge is 2.23. The summed E-state index contributed by atoms with van der Waals surface area (Å²) in [6.07, 6.45) is 3.07. The Morgan fingerprint density at radius 1 is 1.45 bits per heavy atom. The average Bonchev–Trinajstić information content (AvgIpc) is 2.96. The van der Waals surface area contributed by atoms with Crippen molar-refractivity contribution in [3.8, 4) is 0 Å². The highest BCUT2D eigenvalue weighted by atomic mass is 16.3. The van der Waals surface area contributed by atoms with Gasteiger partial charge in [-0.25, -0.2) is 0 Å². The number of likely N-dealkylation sites (N-methyl/N-ethyl adjacent to an activating group) is 1. The molecule has 0 aliphatic carbocycles. The van der Waals surface area contributed by atoms with E-state index in [9.17, 15) is 9.90 Å². The molecule has 0 spiro atoms. The van der Waals surface area contributed by atoms with Crippen molar-refractivity contribution in [1.29, 1.82) is 0 Å². The molecule has 1 aliphatic heterocycles. The fourth-order valence-corrected chi connectivity index (χ4v) is 3.09. The number of aliphatic hydroxyl groups excluding tert-OH is 1. The molecule has 1 amide bonds. The number of aryl methyl sites for hydroxylation is 1. The van der Waals surface area contributed by atoms with Crippen LogP contribution in [0.4, 0.5) is 0 Å². The van der Waals surface area contributed by atoms with E-state index in [0.29, 0.717) is 25.4 Å². The van der Waals surface area contributed by atoms with Gasteiger partial charge in [0, 0.05) is 51.4 Å². The maximum absolute atomic E-state index is 11.6. The number of aromatic nitrogens is 2. The lowest BCUT2D eigenvalue weighted by atomic mass is 10.1. The normalized spacial score (nSPS) is 17.0. The lowest BCUT2D eigenvalue weighted by Crippen LogP contribution is -2.39. The average molecular weight is 308 g/mol. The van der Waals surface area contributed by atoms with Crippen molar-refractivity contribution in [3.05, 3.63) is 17.5 Å². The van der Waals surface area contributed by atoms with Crippen LogP contribution in [0, 0.1) is 0 Å². The number of carbonyl (C=O) groups excluding carboxylic acids is 1. The summed E-state index contributed by atoms with van der Waals surface area (Å²) in [5.41, 5.74) is 2.31. The van der Waals surface area contributed by atoms with E-state index in [2.05, 4.69) is 23.8 Å². The third kappa shape index (κ3) is 4.30. The Hall–Kier alpha value is -1.40. The maximum Gasteiger partial charge on any atom is 0.222 e. The van der Waals surface area contributed by atoms with Gasteiger partial charge in [0.05, 0.1) is 11.8 Å². The topological polar surface area (TPSA) is 61.6 Å². The molecule has 124 valence electrons. The Morgan fingerprint density at radius 2 is 2.18 bits per heavy atom. The summed E-state index contributed by atoms with van der Waals surface area (Å²) in [7, 11) is 3.93. The molecule has 0 radical (unpaired) electrons. The molecule has 22 heavy (non-hydrogen) atoms. The van der Waals surface area contributed by atoms with Crippen molar-refractivity contribution in [2.75, 3.05) is 26.7 Å². The molecule has 6 nitrogen and oxygen atoms in total. The Balaban J connectivity index is 1.87. The SMILES string of the molecule is CC(C)c1nn(C)cc1CN(C)CC(O)CN1CCCC1=O. The van der Waals surface area contributed by atoms with Gasteiger partial charge in [-0.15, -0.1) is 0 Å². The number of likely N-dealkylation sites (tertiary alicyclic amines) is 1. The number of amides is 1. The van der Waals surface area contributed by atoms with Gasteiger partial charge in [0.25, 0.3) is 0 Å². The molecule has 2 rings (SSSR count). The first-order chi connectivity index (χ1) is 10.4. The molecule has 0 aromatic carbocycles. The fourth-order valence-electron chi connectivity index (χ4n) is 3.09. The van der Waals surface area contributed by atoms with Crippen molar-refractivity contribution in [2.24, 2.45) is 7.05 Å². The summed E-state index contributed by atoms with van der Waals surface area (Å²) >= 11 is 0. The van der Waals surface area contributed by atoms with Gasteiger partial charge in [0.2, 0.25) is 5.91 Å². The summed E-state index contributed by atoms with van der Waals surface area (Å²) in [5, 5.41) is 14.7. The second kappa shape index (κ2) is 7.24. The molecule has 1 saturated heterocycles. The van der Waals surface area contributed by atoms with Gasteiger partial charge < -0.3 is 10.0 Å². The van der Waals surface area contributed by atoms with E-state index in [4.69, 9.17) is 0 Å². The molecule has 1 aromatic heterocycles. The van der Waals surface area contributed by atoms with Crippen molar-refractivity contribution >= 4 is 5.91 Å². The smallest absolute Gasteiger partial charge is 0.222 e. The van der Waals surface area contributed by atoms with Crippen LogP contribution in [0.5, 0.6) is 0 Å². The minimum Gasteiger partial charge on any atom is -0.390 e. The molecule has 1 fully saturated rings. The van der Waals surface area contributed by atoms with Gasteiger partial charge in [0.1, 0.15) is 0 Å². The molecule has 1 atom stereocenters. The van der Waals surface area contributed by atoms with Gasteiger partial charge in [-0.3, -0.25) is 14.4 Å². The van der Waals surface area contributed by atoms with Crippen LogP contribution in [0.25, 0.3) is 0 Å². The minimum absolute atomic E-state index is 0.163. The minimum atomic E-state index is -0.508. The molecule has 1 aliphatic rings. The predicted octanol–water partition coefficient (Wildman–Crippen LogP) is 0.959. The Kier molecular flexibility index (Phi) is 5.58. The van der Waals surface area contributed by atoms with Crippen LogP contribution in [-0.2, 0) is 18.4 Å². The number of β-amino-alcohol motifs (C(OH)–C–C–N with tert-alkyl or cyclic N) is 1. The van der Waals surface area contributed by atoms with E-state index < -0.39 is 6.10 Å². The fraction of sp³-hybridized carbons (Fsp3) is 0.750. The van der Waals surface area contributed by atoms with Crippen molar-refractivity contribution in [3.63, 3.8) is 0 Å². The van der Waals surface area contributed by atoms with E-state index in [1.54, 1.807) is 4.90 Å². The van der Waals surface area contributed by atoms with E-state index in [-0.39, 0.29) is 5.91 Å². The second-order valence-corrected chi connectivity index (χ2v) is 6.66. The number of nitrogens with zero attached hydrogens (tertiary/aromatic N) is 4. The number of aliphatic hydroxyl groups is 1. The van der Waals surface area contributed by atoms with Gasteiger partial charge in [-0.1, -0.05) is 13.8 Å². The standard InChI is InChI=1S/C16H28N4O2/c1-12(2)16-13(9-19(4)17-16)8-18(3)10-14(21)11-20-7-5-6-15(20)22/h9,12,14,21H,5-8,10-11H2,1-4H3. The van der Waals surface area contributed by atoms with Crippen molar-refractivity contribution in [1.82, 2.24) is 19.6 Å². The molecular formula is C16H28N4O2. The van der Waals surface area contributed by atoms with Crippen LogP contribution in [-0.4, -0.2) is 63.4 Å². The zero-order valence-electron chi connectivity index (χ0n) is 14.1.